The fourth-order valence-electron chi connectivity index (χ4n) is 3.24. The molecule has 0 aliphatic rings. The minimum absolute atomic E-state index is 0.615. The Bertz CT molecular complexity index is 355. The minimum atomic E-state index is -0.877. The van der Waals surface area contributed by atoms with Crippen molar-refractivity contribution in [3.8, 4) is 0 Å². The van der Waals surface area contributed by atoms with Gasteiger partial charge in [0.2, 0.25) is 0 Å². The van der Waals surface area contributed by atoms with Crippen molar-refractivity contribution in [2.24, 2.45) is 11.5 Å². The monoisotopic (exact) mass is 430 g/mol. The number of nitrogens with two attached hydrogens (primary N) is 2. The number of hydrogen-bond donors (Lipinski definition) is 4. The average molecular weight is 431 g/mol. The Labute approximate surface area is 185 Å². The van der Waals surface area contributed by atoms with Gasteiger partial charge in [-0.25, -0.2) is 0 Å². The van der Waals surface area contributed by atoms with Gasteiger partial charge >= 0.3 is 11.9 Å². The average Bonchev–Trinajstić information content (AvgIpc) is 2.71. The smallest absolute Gasteiger partial charge is 0.320 e. The second-order valence-corrected chi connectivity index (χ2v) is 8.42. The highest BCUT2D eigenvalue weighted by atomic mass is 16.4. The maximum atomic E-state index is 10.4. The molecule has 6 heteroatoms. The van der Waals surface area contributed by atoms with Gasteiger partial charge in [0.05, 0.1) is 0 Å². The van der Waals surface area contributed by atoms with Crippen LogP contribution in [0, 0.1) is 0 Å². The van der Waals surface area contributed by atoms with Gasteiger partial charge in [0.1, 0.15) is 12.1 Å². The summed E-state index contributed by atoms with van der Waals surface area (Å²) in [6.45, 7) is 4.43. The van der Waals surface area contributed by atoms with Crippen molar-refractivity contribution in [3.63, 3.8) is 0 Å². The molecule has 0 aromatic rings. The fraction of sp³-hybridized carbons (Fsp3) is 0.917. The third-order valence-electron chi connectivity index (χ3n) is 5.37. The number of rotatable bonds is 20. The Morgan fingerprint density at radius 3 is 1.00 bits per heavy atom. The molecule has 0 radical (unpaired) electrons. The Balaban J connectivity index is 0. The molecule has 0 saturated heterocycles. The third-order valence-corrected chi connectivity index (χ3v) is 5.37. The molecule has 2 unspecified atom stereocenters. The van der Waals surface area contributed by atoms with Gasteiger partial charge in [-0.1, -0.05) is 117 Å². The molecule has 0 saturated carbocycles. The topological polar surface area (TPSA) is 127 Å². The molecule has 30 heavy (non-hydrogen) atoms. The minimum Gasteiger partial charge on any atom is -0.480 e. The molecule has 0 aromatic carbocycles. The van der Waals surface area contributed by atoms with Crippen LogP contribution in [0.2, 0.25) is 0 Å². The summed E-state index contributed by atoms with van der Waals surface area (Å²) in [6, 6.07) is -1.32. The number of hydrogen-bond acceptors (Lipinski definition) is 4. The van der Waals surface area contributed by atoms with Crippen LogP contribution >= 0.6 is 0 Å². The Hall–Kier alpha value is -1.14. The first-order valence-electron chi connectivity index (χ1n) is 12.3. The van der Waals surface area contributed by atoms with Crippen LogP contribution in [0.15, 0.2) is 0 Å². The molecule has 0 aliphatic carbocycles. The van der Waals surface area contributed by atoms with E-state index in [0.29, 0.717) is 12.8 Å². The molecule has 0 spiro atoms. The first kappa shape index (κ1) is 31.0. The van der Waals surface area contributed by atoms with E-state index in [0.717, 1.165) is 25.7 Å². The summed E-state index contributed by atoms with van der Waals surface area (Å²) < 4.78 is 0. The number of unbranched alkanes of at least 4 members (excludes halogenated alkanes) is 14. The third kappa shape index (κ3) is 24.9. The maximum Gasteiger partial charge on any atom is 0.320 e. The second kappa shape index (κ2) is 24.1. The molecule has 0 amide bonds. The van der Waals surface area contributed by atoms with E-state index >= 15 is 0 Å². The molecule has 0 rings (SSSR count). The van der Waals surface area contributed by atoms with Gasteiger partial charge in [-0.15, -0.1) is 0 Å². The molecule has 180 valence electrons. The lowest BCUT2D eigenvalue weighted by Crippen LogP contribution is -2.29. The van der Waals surface area contributed by atoms with Gasteiger partial charge in [-0.05, 0) is 12.8 Å². The zero-order valence-corrected chi connectivity index (χ0v) is 19.7. The quantitative estimate of drug-likeness (QED) is 0.179. The Morgan fingerprint density at radius 1 is 0.533 bits per heavy atom. The van der Waals surface area contributed by atoms with E-state index in [9.17, 15) is 9.59 Å². The lowest BCUT2D eigenvalue weighted by molar-refractivity contribution is -0.139. The van der Waals surface area contributed by atoms with Crippen LogP contribution in [0.5, 0.6) is 0 Å². The summed E-state index contributed by atoms with van der Waals surface area (Å²) >= 11 is 0. The van der Waals surface area contributed by atoms with Crippen molar-refractivity contribution in [2.45, 2.75) is 142 Å². The Kier molecular flexibility index (Phi) is 25.0. The zero-order valence-electron chi connectivity index (χ0n) is 19.7. The second-order valence-electron chi connectivity index (χ2n) is 8.42. The predicted octanol–water partition coefficient (Wildman–Crippen LogP) is 5.86. The van der Waals surface area contributed by atoms with Crippen molar-refractivity contribution < 1.29 is 19.8 Å². The lowest BCUT2D eigenvalue weighted by Gasteiger charge is -2.05. The molecule has 6 nitrogen and oxygen atoms in total. The van der Waals surface area contributed by atoms with Gasteiger partial charge in [0.25, 0.3) is 0 Å². The molecule has 0 aromatic heterocycles. The van der Waals surface area contributed by atoms with Crippen molar-refractivity contribution in [2.75, 3.05) is 0 Å². The molecule has 0 fully saturated rings. The molecular weight excluding hydrogens is 380 g/mol. The van der Waals surface area contributed by atoms with Crippen molar-refractivity contribution >= 4 is 11.9 Å². The lowest BCUT2D eigenvalue weighted by atomic mass is 10.1. The molecule has 6 N–H and O–H groups in total. The first-order valence-corrected chi connectivity index (χ1v) is 12.3. The van der Waals surface area contributed by atoms with Crippen LogP contribution in [0.1, 0.15) is 129 Å². The number of carboxylic acids is 2. The summed E-state index contributed by atoms with van der Waals surface area (Å²) in [5, 5.41) is 17.1. The van der Waals surface area contributed by atoms with Crippen LogP contribution in [0.3, 0.4) is 0 Å². The van der Waals surface area contributed by atoms with Crippen LogP contribution in [0.25, 0.3) is 0 Å². The van der Waals surface area contributed by atoms with E-state index in [1.807, 2.05) is 0 Å². The number of carboxylic acid groups (broad SMARTS) is 2. The van der Waals surface area contributed by atoms with Crippen LogP contribution in [-0.2, 0) is 9.59 Å². The zero-order chi connectivity index (χ0) is 23.0. The van der Waals surface area contributed by atoms with Gasteiger partial charge in [-0.3, -0.25) is 9.59 Å². The molecule has 0 bridgehead atoms. The van der Waals surface area contributed by atoms with Gasteiger partial charge in [-0.2, -0.15) is 0 Å². The van der Waals surface area contributed by atoms with Crippen LogP contribution in [-0.4, -0.2) is 34.2 Å². The van der Waals surface area contributed by atoms with Crippen molar-refractivity contribution in [1.82, 2.24) is 0 Å². The summed E-state index contributed by atoms with van der Waals surface area (Å²) in [6.07, 6.45) is 20.9. The molecule has 2 atom stereocenters. The normalized spacial score (nSPS) is 12.7. The van der Waals surface area contributed by atoms with Gasteiger partial charge in [0, 0.05) is 0 Å². The SMILES string of the molecule is CCCCCCCCCCC(N)C(=O)O.CCCCCCCCCCC(N)C(=O)O. The molecular formula is C24H50N2O4. The maximum absolute atomic E-state index is 10.4. The fourth-order valence-corrected chi connectivity index (χ4v) is 3.24. The standard InChI is InChI=1S/2C12H25NO2/c2*1-2-3-4-5-6-7-8-9-10-11(13)12(14)15/h2*11H,2-10,13H2,1H3,(H,14,15). The first-order chi connectivity index (χ1) is 14.4. The highest BCUT2D eigenvalue weighted by molar-refractivity contribution is 5.73. The van der Waals surface area contributed by atoms with E-state index < -0.39 is 24.0 Å². The summed E-state index contributed by atoms with van der Waals surface area (Å²) in [4.78, 5) is 20.8. The Morgan fingerprint density at radius 2 is 0.767 bits per heavy atom. The number of carbonyl (C=O) groups is 2. The van der Waals surface area contributed by atoms with E-state index in [1.54, 1.807) is 0 Å². The van der Waals surface area contributed by atoms with Crippen LogP contribution < -0.4 is 11.5 Å². The predicted molar refractivity (Wildman–Crippen MR) is 126 cm³/mol. The number of aliphatic carboxylic acids is 2. The van der Waals surface area contributed by atoms with Crippen molar-refractivity contribution in [1.29, 1.82) is 0 Å². The van der Waals surface area contributed by atoms with Crippen molar-refractivity contribution in [3.05, 3.63) is 0 Å². The van der Waals surface area contributed by atoms with E-state index in [-0.39, 0.29) is 0 Å². The molecule has 0 aliphatic heterocycles. The van der Waals surface area contributed by atoms with E-state index in [1.165, 1.54) is 77.0 Å². The summed E-state index contributed by atoms with van der Waals surface area (Å²) in [5.74, 6) is -1.75. The van der Waals surface area contributed by atoms with Gasteiger partial charge < -0.3 is 21.7 Å². The van der Waals surface area contributed by atoms with Gasteiger partial charge in [0.15, 0.2) is 0 Å². The highest BCUT2D eigenvalue weighted by Gasteiger charge is 2.10. The largest absolute Gasteiger partial charge is 0.480 e. The van der Waals surface area contributed by atoms with Crippen LogP contribution in [0.4, 0.5) is 0 Å². The summed E-state index contributed by atoms with van der Waals surface area (Å²) in [5.41, 5.74) is 10.8. The highest BCUT2D eigenvalue weighted by Crippen LogP contribution is 2.11. The molecule has 0 heterocycles. The summed E-state index contributed by atoms with van der Waals surface area (Å²) in [7, 11) is 0. The van der Waals surface area contributed by atoms with E-state index in [4.69, 9.17) is 21.7 Å². The van der Waals surface area contributed by atoms with E-state index in [2.05, 4.69) is 13.8 Å².